The van der Waals surface area contributed by atoms with Gasteiger partial charge in [-0.25, -0.2) is 4.98 Å². The van der Waals surface area contributed by atoms with Crippen molar-refractivity contribution in [1.82, 2.24) is 14.6 Å². The summed E-state index contributed by atoms with van der Waals surface area (Å²) in [6.07, 6.45) is 0. The molecule has 6 nitrogen and oxygen atoms in total. The Kier molecular flexibility index (Phi) is 3.16. The van der Waals surface area contributed by atoms with Crippen molar-refractivity contribution in [2.45, 2.75) is 0 Å². The zero-order valence-electron chi connectivity index (χ0n) is 12.1. The molecular weight excluding hydrogens is 278 g/mol. The summed E-state index contributed by atoms with van der Waals surface area (Å²) < 4.78 is 7.08. The number of anilines is 2. The van der Waals surface area contributed by atoms with Crippen LogP contribution in [0, 0.1) is 0 Å². The van der Waals surface area contributed by atoms with E-state index in [2.05, 4.69) is 15.0 Å². The van der Waals surface area contributed by atoms with Crippen molar-refractivity contribution in [2.24, 2.45) is 0 Å². The van der Waals surface area contributed by atoms with Crippen LogP contribution in [0.2, 0.25) is 0 Å². The SMILES string of the molecule is Nc1cc(N2CCOCC2)cc2nc(-c3ccccc3)nn12. The molecule has 6 heteroatoms. The van der Waals surface area contributed by atoms with Crippen molar-refractivity contribution in [3.63, 3.8) is 0 Å². The van der Waals surface area contributed by atoms with Crippen LogP contribution in [0.15, 0.2) is 42.5 Å². The monoisotopic (exact) mass is 295 g/mol. The molecule has 1 aliphatic heterocycles. The Morgan fingerprint density at radius 3 is 2.59 bits per heavy atom. The van der Waals surface area contributed by atoms with Crippen LogP contribution in [0.1, 0.15) is 0 Å². The van der Waals surface area contributed by atoms with Crippen molar-refractivity contribution in [3.05, 3.63) is 42.5 Å². The van der Waals surface area contributed by atoms with Gasteiger partial charge in [0.1, 0.15) is 5.82 Å². The maximum absolute atomic E-state index is 6.16. The Morgan fingerprint density at radius 1 is 1.05 bits per heavy atom. The van der Waals surface area contributed by atoms with E-state index in [4.69, 9.17) is 10.5 Å². The lowest BCUT2D eigenvalue weighted by atomic mass is 10.2. The first-order chi connectivity index (χ1) is 10.8. The van der Waals surface area contributed by atoms with Gasteiger partial charge in [0.25, 0.3) is 0 Å². The molecule has 4 rings (SSSR count). The van der Waals surface area contributed by atoms with Gasteiger partial charge < -0.3 is 15.4 Å². The molecule has 22 heavy (non-hydrogen) atoms. The summed E-state index contributed by atoms with van der Waals surface area (Å²) in [5.41, 5.74) is 8.98. The second-order valence-electron chi connectivity index (χ2n) is 5.31. The number of hydrogen-bond acceptors (Lipinski definition) is 5. The van der Waals surface area contributed by atoms with E-state index >= 15 is 0 Å². The zero-order valence-corrected chi connectivity index (χ0v) is 12.1. The molecule has 1 fully saturated rings. The molecule has 1 saturated heterocycles. The Balaban J connectivity index is 1.77. The van der Waals surface area contributed by atoms with E-state index in [0.717, 1.165) is 43.2 Å². The molecule has 0 saturated carbocycles. The second-order valence-corrected chi connectivity index (χ2v) is 5.31. The molecule has 0 bridgehead atoms. The van der Waals surface area contributed by atoms with Gasteiger partial charge in [0.2, 0.25) is 0 Å². The molecule has 112 valence electrons. The van der Waals surface area contributed by atoms with Crippen molar-refractivity contribution in [2.75, 3.05) is 36.9 Å². The molecule has 0 radical (unpaired) electrons. The molecule has 0 unspecified atom stereocenters. The molecule has 0 amide bonds. The fraction of sp³-hybridized carbons (Fsp3) is 0.250. The van der Waals surface area contributed by atoms with Crippen LogP contribution >= 0.6 is 0 Å². The van der Waals surface area contributed by atoms with Gasteiger partial charge in [-0.3, -0.25) is 0 Å². The van der Waals surface area contributed by atoms with Crippen LogP contribution in [-0.2, 0) is 4.74 Å². The summed E-state index contributed by atoms with van der Waals surface area (Å²) in [5.74, 6) is 1.28. The van der Waals surface area contributed by atoms with Crippen molar-refractivity contribution in [1.29, 1.82) is 0 Å². The summed E-state index contributed by atoms with van der Waals surface area (Å²) in [7, 11) is 0. The van der Waals surface area contributed by atoms with Gasteiger partial charge in [-0.05, 0) is 0 Å². The van der Waals surface area contributed by atoms with E-state index in [1.54, 1.807) is 4.52 Å². The number of morpholine rings is 1. The van der Waals surface area contributed by atoms with Crippen LogP contribution in [0.4, 0.5) is 11.5 Å². The number of fused-ring (bicyclic) bond motifs is 1. The highest BCUT2D eigenvalue weighted by atomic mass is 16.5. The lowest BCUT2D eigenvalue weighted by molar-refractivity contribution is 0.122. The first-order valence-corrected chi connectivity index (χ1v) is 7.36. The van der Waals surface area contributed by atoms with E-state index in [-0.39, 0.29) is 0 Å². The first kappa shape index (κ1) is 13.1. The molecule has 3 aromatic rings. The van der Waals surface area contributed by atoms with E-state index in [1.807, 2.05) is 42.5 Å². The Bertz CT molecular complexity index is 793. The molecule has 0 aliphatic carbocycles. The molecule has 1 aromatic carbocycles. The van der Waals surface area contributed by atoms with Crippen molar-refractivity contribution >= 4 is 17.2 Å². The van der Waals surface area contributed by atoms with E-state index in [0.29, 0.717) is 11.6 Å². The van der Waals surface area contributed by atoms with E-state index in [1.165, 1.54) is 0 Å². The lowest BCUT2D eigenvalue weighted by Gasteiger charge is -2.28. The maximum Gasteiger partial charge on any atom is 0.182 e. The largest absolute Gasteiger partial charge is 0.384 e. The Labute approximate surface area is 128 Å². The predicted octanol–water partition coefficient (Wildman–Crippen LogP) is 1.82. The van der Waals surface area contributed by atoms with Crippen molar-refractivity contribution in [3.8, 4) is 11.4 Å². The van der Waals surface area contributed by atoms with Gasteiger partial charge in [-0.2, -0.15) is 4.52 Å². The first-order valence-electron chi connectivity index (χ1n) is 7.36. The van der Waals surface area contributed by atoms with Gasteiger partial charge in [0, 0.05) is 36.5 Å². The number of nitrogen functional groups attached to an aromatic ring is 1. The molecule has 2 N–H and O–H groups in total. The summed E-state index contributed by atoms with van der Waals surface area (Å²) >= 11 is 0. The summed E-state index contributed by atoms with van der Waals surface area (Å²) in [6.45, 7) is 3.23. The zero-order chi connectivity index (χ0) is 14.9. The number of hydrogen-bond donors (Lipinski definition) is 1. The van der Waals surface area contributed by atoms with E-state index in [9.17, 15) is 0 Å². The van der Waals surface area contributed by atoms with Gasteiger partial charge >= 0.3 is 0 Å². The minimum absolute atomic E-state index is 0.591. The smallest absolute Gasteiger partial charge is 0.182 e. The predicted molar refractivity (Wildman–Crippen MR) is 85.9 cm³/mol. The van der Waals surface area contributed by atoms with Gasteiger partial charge in [0.05, 0.1) is 13.2 Å². The maximum atomic E-state index is 6.16. The number of pyridine rings is 1. The third-order valence-corrected chi connectivity index (χ3v) is 3.86. The highest BCUT2D eigenvalue weighted by Gasteiger charge is 2.15. The third-order valence-electron chi connectivity index (χ3n) is 3.86. The van der Waals surface area contributed by atoms with Crippen LogP contribution < -0.4 is 10.6 Å². The summed E-state index contributed by atoms with van der Waals surface area (Å²) in [5, 5.41) is 4.51. The second kappa shape index (κ2) is 5.31. The number of nitrogens with two attached hydrogens (primary N) is 1. The number of benzene rings is 1. The minimum atomic E-state index is 0.591. The van der Waals surface area contributed by atoms with Gasteiger partial charge in [-0.15, -0.1) is 5.10 Å². The normalized spacial score (nSPS) is 15.4. The van der Waals surface area contributed by atoms with Crippen LogP contribution in [0.3, 0.4) is 0 Å². The number of nitrogens with zero attached hydrogens (tertiary/aromatic N) is 4. The van der Waals surface area contributed by atoms with Gasteiger partial charge in [0.15, 0.2) is 11.5 Å². The lowest BCUT2D eigenvalue weighted by Crippen LogP contribution is -2.36. The standard InChI is InChI=1S/C16H17N5O/c17-14-10-13(20-6-8-22-9-7-20)11-15-18-16(19-21(14)15)12-4-2-1-3-5-12/h1-5,10-11H,6-9,17H2. The minimum Gasteiger partial charge on any atom is -0.384 e. The molecule has 0 atom stereocenters. The van der Waals surface area contributed by atoms with Crippen LogP contribution in [0.5, 0.6) is 0 Å². The fourth-order valence-electron chi connectivity index (χ4n) is 2.71. The number of rotatable bonds is 2. The molecule has 1 aliphatic rings. The summed E-state index contributed by atoms with van der Waals surface area (Å²) in [4.78, 5) is 6.87. The molecule has 3 heterocycles. The molecule has 0 spiro atoms. The van der Waals surface area contributed by atoms with Crippen LogP contribution in [-0.4, -0.2) is 40.9 Å². The number of aromatic nitrogens is 3. The van der Waals surface area contributed by atoms with Crippen molar-refractivity contribution < 1.29 is 4.74 Å². The fourth-order valence-corrected chi connectivity index (χ4v) is 2.71. The highest BCUT2D eigenvalue weighted by Crippen LogP contribution is 2.24. The van der Waals surface area contributed by atoms with Gasteiger partial charge in [-0.1, -0.05) is 30.3 Å². The molecule has 2 aromatic heterocycles. The average molecular weight is 295 g/mol. The Hall–Kier alpha value is -2.60. The average Bonchev–Trinajstić information content (AvgIpc) is 3.01. The van der Waals surface area contributed by atoms with Crippen LogP contribution in [0.25, 0.3) is 17.0 Å². The third kappa shape index (κ3) is 2.27. The highest BCUT2D eigenvalue weighted by molar-refractivity contribution is 5.66. The Morgan fingerprint density at radius 2 is 1.82 bits per heavy atom. The molecular formula is C16H17N5O. The number of ether oxygens (including phenoxy) is 1. The topological polar surface area (TPSA) is 68.7 Å². The quantitative estimate of drug-likeness (QED) is 0.781. The van der Waals surface area contributed by atoms with E-state index < -0.39 is 0 Å². The summed E-state index contributed by atoms with van der Waals surface area (Å²) in [6, 6.07) is 13.9.